The minimum absolute atomic E-state index is 0.0672. The van der Waals surface area contributed by atoms with E-state index in [9.17, 15) is 9.90 Å². The lowest BCUT2D eigenvalue weighted by molar-refractivity contribution is -0.121. The number of aromatic amines is 1. The highest BCUT2D eigenvalue weighted by Gasteiger charge is 2.22. The lowest BCUT2D eigenvalue weighted by atomic mass is 9.89. The first-order valence-electron chi connectivity index (χ1n) is 7.29. The van der Waals surface area contributed by atoms with E-state index in [1.54, 1.807) is 0 Å². The van der Waals surface area contributed by atoms with Crippen LogP contribution in [0.15, 0.2) is 24.4 Å². The normalized spacial score (nSPS) is 13.4. The fourth-order valence-corrected chi connectivity index (χ4v) is 2.34. The van der Waals surface area contributed by atoms with Crippen molar-refractivity contribution in [1.29, 1.82) is 0 Å². The van der Waals surface area contributed by atoms with Crippen LogP contribution in [0.3, 0.4) is 0 Å². The van der Waals surface area contributed by atoms with Crippen LogP contribution in [0.2, 0.25) is 0 Å². The van der Waals surface area contributed by atoms with E-state index in [0.717, 1.165) is 22.0 Å². The second-order valence-corrected chi connectivity index (χ2v) is 6.67. The number of nitrogens with one attached hydrogen (secondary N) is 2. The average molecular weight is 288 g/mol. The predicted octanol–water partition coefficient (Wildman–Crippen LogP) is 2.54. The van der Waals surface area contributed by atoms with E-state index < -0.39 is 6.10 Å². The lowest BCUT2D eigenvalue weighted by Gasteiger charge is -2.25. The summed E-state index contributed by atoms with van der Waals surface area (Å²) in [6.45, 7) is 8.18. The molecule has 0 aliphatic carbocycles. The van der Waals surface area contributed by atoms with Gasteiger partial charge >= 0.3 is 0 Å². The standard InChI is InChI=1S/C17H24N2O2/c1-11-6-5-7-13-16(11)12(9-18-13)8-15(21)19-10-14(20)17(2,3)4/h5-7,9,14,18,20H,8,10H2,1-4H3,(H,19,21). The highest BCUT2D eigenvalue weighted by Crippen LogP contribution is 2.22. The number of aliphatic hydroxyl groups is 1. The van der Waals surface area contributed by atoms with E-state index in [0.29, 0.717) is 6.42 Å². The minimum atomic E-state index is -0.550. The molecule has 2 aromatic rings. The van der Waals surface area contributed by atoms with Crippen LogP contribution < -0.4 is 5.32 Å². The van der Waals surface area contributed by atoms with Crippen LogP contribution in [0.25, 0.3) is 10.9 Å². The molecule has 0 bridgehead atoms. The zero-order valence-corrected chi connectivity index (χ0v) is 13.2. The molecule has 1 heterocycles. The fourth-order valence-electron chi connectivity index (χ4n) is 2.34. The van der Waals surface area contributed by atoms with Gasteiger partial charge in [-0.3, -0.25) is 4.79 Å². The van der Waals surface area contributed by atoms with Crippen molar-refractivity contribution in [2.24, 2.45) is 5.41 Å². The van der Waals surface area contributed by atoms with Crippen LogP contribution in [-0.4, -0.2) is 28.6 Å². The first kappa shape index (κ1) is 15.6. The Balaban J connectivity index is 2.02. The van der Waals surface area contributed by atoms with Crippen LogP contribution in [0, 0.1) is 12.3 Å². The number of H-pyrrole nitrogens is 1. The zero-order chi connectivity index (χ0) is 15.6. The molecular weight excluding hydrogens is 264 g/mol. The Morgan fingerprint density at radius 1 is 1.38 bits per heavy atom. The molecule has 4 heteroatoms. The Morgan fingerprint density at radius 3 is 2.76 bits per heavy atom. The number of rotatable bonds is 4. The molecule has 1 atom stereocenters. The van der Waals surface area contributed by atoms with Crippen molar-refractivity contribution in [3.8, 4) is 0 Å². The van der Waals surface area contributed by atoms with E-state index in [1.807, 2.05) is 52.1 Å². The summed E-state index contributed by atoms with van der Waals surface area (Å²) < 4.78 is 0. The Labute approximate surface area is 125 Å². The summed E-state index contributed by atoms with van der Waals surface area (Å²) in [5.41, 5.74) is 2.97. The third-order valence-corrected chi connectivity index (χ3v) is 3.84. The molecule has 0 saturated carbocycles. The third-order valence-electron chi connectivity index (χ3n) is 3.84. The molecule has 4 nitrogen and oxygen atoms in total. The summed E-state index contributed by atoms with van der Waals surface area (Å²) in [6, 6.07) is 6.05. The Morgan fingerprint density at radius 2 is 2.10 bits per heavy atom. The maximum atomic E-state index is 12.1. The number of hydrogen-bond acceptors (Lipinski definition) is 2. The molecular formula is C17H24N2O2. The van der Waals surface area contributed by atoms with Crippen molar-refractivity contribution in [2.75, 3.05) is 6.54 Å². The van der Waals surface area contributed by atoms with E-state index in [4.69, 9.17) is 0 Å². The topological polar surface area (TPSA) is 65.1 Å². The lowest BCUT2D eigenvalue weighted by Crippen LogP contribution is -2.39. The number of fused-ring (bicyclic) bond motifs is 1. The van der Waals surface area contributed by atoms with Crippen LogP contribution in [0.4, 0.5) is 0 Å². The fraction of sp³-hybridized carbons (Fsp3) is 0.471. The number of carbonyl (C=O) groups is 1. The van der Waals surface area contributed by atoms with Crippen molar-refractivity contribution in [3.05, 3.63) is 35.5 Å². The van der Waals surface area contributed by atoms with Crippen molar-refractivity contribution in [3.63, 3.8) is 0 Å². The minimum Gasteiger partial charge on any atom is -0.391 e. The molecule has 1 amide bonds. The van der Waals surface area contributed by atoms with Crippen LogP contribution in [0.1, 0.15) is 31.9 Å². The first-order valence-corrected chi connectivity index (χ1v) is 7.29. The number of benzene rings is 1. The van der Waals surface area contributed by atoms with Gasteiger partial charge in [0.25, 0.3) is 0 Å². The van der Waals surface area contributed by atoms with Crippen LogP contribution in [-0.2, 0) is 11.2 Å². The molecule has 0 radical (unpaired) electrons. The number of aromatic nitrogens is 1. The molecule has 2 rings (SSSR count). The highest BCUT2D eigenvalue weighted by molar-refractivity contribution is 5.91. The SMILES string of the molecule is Cc1cccc2[nH]cc(CC(=O)NCC(O)C(C)(C)C)c12. The monoisotopic (exact) mass is 288 g/mol. The van der Waals surface area contributed by atoms with Gasteiger partial charge in [-0.25, -0.2) is 0 Å². The van der Waals surface area contributed by atoms with Gasteiger partial charge < -0.3 is 15.4 Å². The average Bonchev–Trinajstić information content (AvgIpc) is 2.79. The van der Waals surface area contributed by atoms with Gasteiger partial charge in [0, 0.05) is 23.6 Å². The van der Waals surface area contributed by atoms with Crippen LogP contribution >= 0.6 is 0 Å². The molecule has 3 N–H and O–H groups in total. The Hall–Kier alpha value is -1.81. The summed E-state index contributed by atoms with van der Waals surface area (Å²) in [5.74, 6) is -0.0672. The molecule has 0 saturated heterocycles. The maximum absolute atomic E-state index is 12.1. The van der Waals surface area contributed by atoms with Crippen molar-refractivity contribution in [1.82, 2.24) is 10.3 Å². The van der Waals surface area contributed by atoms with Crippen molar-refractivity contribution >= 4 is 16.8 Å². The third kappa shape index (κ3) is 3.64. The van der Waals surface area contributed by atoms with Gasteiger partial charge in [0.05, 0.1) is 12.5 Å². The molecule has 0 aliphatic heterocycles. The molecule has 1 aromatic carbocycles. The maximum Gasteiger partial charge on any atom is 0.224 e. The van der Waals surface area contributed by atoms with Gasteiger partial charge in [0.1, 0.15) is 0 Å². The van der Waals surface area contributed by atoms with E-state index in [-0.39, 0.29) is 17.9 Å². The number of hydrogen-bond donors (Lipinski definition) is 3. The van der Waals surface area contributed by atoms with Gasteiger partial charge in [-0.05, 0) is 29.5 Å². The molecule has 21 heavy (non-hydrogen) atoms. The zero-order valence-electron chi connectivity index (χ0n) is 13.2. The van der Waals surface area contributed by atoms with Crippen molar-refractivity contribution < 1.29 is 9.90 Å². The van der Waals surface area contributed by atoms with E-state index >= 15 is 0 Å². The van der Waals surface area contributed by atoms with Gasteiger partial charge in [-0.2, -0.15) is 0 Å². The predicted molar refractivity (Wildman–Crippen MR) is 85.2 cm³/mol. The molecule has 0 aliphatic rings. The molecule has 114 valence electrons. The molecule has 1 aromatic heterocycles. The number of aryl methyl sites for hydroxylation is 1. The Kier molecular flexibility index (Phi) is 4.37. The highest BCUT2D eigenvalue weighted by atomic mass is 16.3. The first-order chi connectivity index (χ1) is 9.79. The van der Waals surface area contributed by atoms with Gasteiger partial charge in [-0.15, -0.1) is 0 Å². The van der Waals surface area contributed by atoms with Crippen LogP contribution in [0.5, 0.6) is 0 Å². The summed E-state index contributed by atoms with van der Waals surface area (Å²) in [4.78, 5) is 15.3. The number of aliphatic hydroxyl groups excluding tert-OH is 1. The van der Waals surface area contributed by atoms with Gasteiger partial charge in [0.2, 0.25) is 5.91 Å². The quantitative estimate of drug-likeness (QED) is 0.809. The smallest absolute Gasteiger partial charge is 0.224 e. The van der Waals surface area contributed by atoms with E-state index in [2.05, 4.69) is 10.3 Å². The Bertz CT molecular complexity index is 638. The number of carbonyl (C=O) groups excluding carboxylic acids is 1. The number of amides is 1. The molecule has 0 fully saturated rings. The largest absolute Gasteiger partial charge is 0.391 e. The van der Waals surface area contributed by atoms with Gasteiger partial charge in [0.15, 0.2) is 0 Å². The summed E-state index contributed by atoms with van der Waals surface area (Å²) in [6.07, 6.45) is 1.66. The molecule has 0 spiro atoms. The summed E-state index contributed by atoms with van der Waals surface area (Å²) in [5, 5.41) is 13.9. The molecule has 1 unspecified atom stereocenters. The summed E-state index contributed by atoms with van der Waals surface area (Å²) in [7, 11) is 0. The van der Waals surface area contributed by atoms with Crippen molar-refractivity contribution in [2.45, 2.75) is 40.2 Å². The summed E-state index contributed by atoms with van der Waals surface area (Å²) >= 11 is 0. The second-order valence-electron chi connectivity index (χ2n) is 6.67. The second kappa shape index (κ2) is 5.90. The van der Waals surface area contributed by atoms with E-state index in [1.165, 1.54) is 0 Å². The van der Waals surface area contributed by atoms with Gasteiger partial charge in [-0.1, -0.05) is 32.9 Å².